The minimum absolute atomic E-state index is 0.251. The lowest BCUT2D eigenvalue weighted by molar-refractivity contribution is 0.112. The molecule has 1 unspecified atom stereocenters. The van der Waals surface area contributed by atoms with Gasteiger partial charge in [0.15, 0.2) is 0 Å². The summed E-state index contributed by atoms with van der Waals surface area (Å²) in [6.07, 6.45) is 2.07. The average molecular weight is 197 g/mol. The predicted molar refractivity (Wildman–Crippen MR) is 49.5 cm³/mol. The zero-order valence-corrected chi connectivity index (χ0v) is 8.18. The number of aliphatic hydroxyl groups is 1. The van der Waals surface area contributed by atoms with Gasteiger partial charge in [0.25, 0.3) is 0 Å². The molecule has 2 rings (SSSR count). The summed E-state index contributed by atoms with van der Waals surface area (Å²) in [5, 5.41) is 17.4. The molecule has 0 amide bonds. The summed E-state index contributed by atoms with van der Waals surface area (Å²) < 4.78 is 5.34. The van der Waals surface area contributed by atoms with Gasteiger partial charge in [-0.05, 0) is 19.3 Å². The molecule has 5 heteroatoms. The van der Waals surface area contributed by atoms with E-state index in [9.17, 15) is 5.11 Å². The van der Waals surface area contributed by atoms with Crippen molar-refractivity contribution in [2.45, 2.75) is 44.2 Å². The van der Waals surface area contributed by atoms with Crippen LogP contribution in [-0.2, 0) is 0 Å². The van der Waals surface area contributed by atoms with Crippen LogP contribution in [0.2, 0.25) is 0 Å². The van der Waals surface area contributed by atoms with Gasteiger partial charge in [0.2, 0.25) is 11.8 Å². The van der Waals surface area contributed by atoms with E-state index in [1.165, 1.54) is 0 Å². The van der Waals surface area contributed by atoms with Gasteiger partial charge in [-0.2, -0.15) is 0 Å². The van der Waals surface area contributed by atoms with Crippen LogP contribution in [-0.4, -0.2) is 21.3 Å². The Kier molecular flexibility index (Phi) is 2.52. The highest BCUT2D eigenvalue weighted by atomic mass is 16.4. The Morgan fingerprint density at radius 1 is 1.57 bits per heavy atom. The number of hydrogen-bond acceptors (Lipinski definition) is 5. The first kappa shape index (κ1) is 9.61. The highest BCUT2D eigenvalue weighted by Crippen LogP contribution is 2.39. The van der Waals surface area contributed by atoms with Crippen molar-refractivity contribution in [1.29, 1.82) is 0 Å². The van der Waals surface area contributed by atoms with E-state index in [-0.39, 0.29) is 11.9 Å². The van der Waals surface area contributed by atoms with Gasteiger partial charge >= 0.3 is 0 Å². The van der Waals surface area contributed by atoms with E-state index >= 15 is 0 Å². The first-order chi connectivity index (χ1) is 6.72. The Labute approximate surface area is 82.3 Å². The van der Waals surface area contributed by atoms with Crippen molar-refractivity contribution in [3.8, 4) is 0 Å². The van der Waals surface area contributed by atoms with E-state index in [0.717, 1.165) is 12.8 Å². The molecule has 1 fully saturated rings. The predicted octanol–water partition coefficient (Wildman–Crippen LogP) is 0.718. The smallest absolute Gasteiger partial charge is 0.246 e. The zero-order valence-electron chi connectivity index (χ0n) is 8.18. The summed E-state index contributed by atoms with van der Waals surface area (Å²) in [4.78, 5) is 0. The molecule has 3 N–H and O–H groups in total. The van der Waals surface area contributed by atoms with Crippen molar-refractivity contribution in [2.24, 2.45) is 5.73 Å². The van der Waals surface area contributed by atoms with Gasteiger partial charge in [0.1, 0.15) is 6.10 Å². The summed E-state index contributed by atoms with van der Waals surface area (Å²) >= 11 is 0. The molecule has 0 radical (unpaired) electrons. The van der Waals surface area contributed by atoms with Gasteiger partial charge < -0.3 is 15.3 Å². The SMILES string of the molecule is CC[C@H](N)C(O)c1nnc(C2CC2)o1. The second-order valence-corrected chi connectivity index (χ2v) is 3.77. The van der Waals surface area contributed by atoms with E-state index in [1.807, 2.05) is 6.92 Å². The first-order valence-corrected chi connectivity index (χ1v) is 4.99. The van der Waals surface area contributed by atoms with Crippen molar-refractivity contribution in [3.05, 3.63) is 11.8 Å². The number of aromatic nitrogens is 2. The second-order valence-electron chi connectivity index (χ2n) is 3.77. The molecule has 1 aromatic rings. The summed E-state index contributed by atoms with van der Waals surface area (Å²) in [6.45, 7) is 1.91. The van der Waals surface area contributed by atoms with Gasteiger partial charge in [-0.1, -0.05) is 6.92 Å². The van der Waals surface area contributed by atoms with Gasteiger partial charge in [0.05, 0.1) is 0 Å². The highest BCUT2D eigenvalue weighted by Gasteiger charge is 2.31. The summed E-state index contributed by atoms with van der Waals surface area (Å²) in [6, 6.07) is -0.331. The van der Waals surface area contributed by atoms with E-state index in [4.69, 9.17) is 10.2 Å². The molecule has 1 aromatic heterocycles. The molecule has 14 heavy (non-hydrogen) atoms. The van der Waals surface area contributed by atoms with Gasteiger partial charge in [0, 0.05) is 12.0 Å². The third-order valence-corrected chi connectivity index (χ3v) is 2.51. The molecule has 2 atom stereocenters. The fourth-order valence-electron chi connectivity index (χ4n) is 1.27. The van der Waals surface area contributed by atoms with Crippen LogP contribution in [0.5, 0.6) is 0 Å². The molecule has 0 spiro atoms. The van der Waals surface area contributed by atoms with Crippen LogP contribution in [0.3, 0.4) is 0 Å². The van der Waals surface area contributed by atoms with Gasteiger partial charge in [-0.25, -0.2) is 0 Å². The minimum atomic E-state index is -0.833. The fraction of sp³-hybridized carbons (Fsp3) is 0.778. The number of rotatable bonds is 4. The van der Waals surface area contributed by atoms with Crippen molar-refractivity contribution < 1.29 is 9.52 Å². The Hall–Kier alpha value is -0.940. The molecule has 1 aliphatic carbocycles. The van der Waals surface area contributed by atoms with Crippen LogP contribution in [0.15, 0.2) is 4.42 Å². The quantitative estimate of drug-likeness (QED) is 0.742. The van der Waals surface area contributed by atoms with E-state index in [0.29, 0.717) is 18.2 Å². The third kappa shape index (κ3) is 1.78. The van der Waals surface area contributed by atoms with Crippen LogP contribution in [0, 0.1) is 0 Å². The van der Waals surface area contributed by atoms with Crippen molar-refractivity contribution in [3.63, 3.8) is 0 Å². The van der Waals surface area contributed by atoms with Crippen molar-refractivity contribution >= 4 is 0 Å². The van der Waals surface area contributed by atoms with Crippen LogP contribution in [0.25, 0.3) is 0 Å². The van der Waals surface area contributed by atoms with Crippen LogP contribution in [0.1, 0.15) is 50.0 Å². The summed E-state index contributed by atoms with van der Waals surface area (Å²) in [5.74, 6) is 1.31. The van der Waals surface area contributed by atoms with E-state index in [2.05, 4.69) is 10.2 Å². The molecule has 0 bridgehead atoms. The molecule has 5 nitrogen and oxygen atoms in total. The number of nitrogens with zero attached hydrogens (tertiary/aromatic N) is 2. The number of aliphatic hydroxyl groups excluding tert-OH is 1. The molecule has 1 saturated carbocycles. The Balaban J connectivity index is 2.07. The Morgan fingerprint density at radius 2 is 2.29 bits per heavy atom. The lowest BCUT2D eigenvalue weighted by Crippen LogP contribution is -2.27. The highest BCUT2D eigenvalue weighted by molar-refractivity contribution is 5.01. The third-order valence-electron chi connectivity index (χ3n) is 2.51. The monoisotopic (exact) mass is 197 g/mol. The second kappa shape index (κ2) is 3.67. The van der Waals surface area contributed by atoms with Gasteiger partial charge in [-0.15, -0.1) is 10.2 Å². The lowest BCUT2D eigenvalue weighted by atomic mass is 10.1. The van der Waals surface area contributed by atoms with Crippen molar-refractivity contribution in [1.82, 2.24) is 10.2 Å². The van der Waals surface area contributed by atoms with E-state index < -0.39 is 6.10 Å². The first-order valence-electron chi connectivity index (χ1n) is 4.99. The molecule has 78 valence electrons. The molecular weight excluding hydrogens is 182 g/mol. The Bertz CT molecular complexity index is 309. The standard InChI is InChI=1S/C9H15N3O2/c1-2-6(10)7(13)9-12-11-8(14-9)5-3-4-5/h5-7,13H,2-4,10H2,1H3/t6-,7?/m0/s1. The molecule has 0 aliphatic heterocycles. The van der Waals surface area contributed by atoms with Gasteiger partial charge in [-0.3, -0.25) is 0 Å². The number of nitrogens with two attached hydrogens (primary N) is 1. The molecule has 0 saturated heterocycles. The molecule has 1 heterocycles. The molecule has 0 aromatic carbocycles. The van der Waals surface area contributed by atoms with Crippen LogP contribution in [0.4, 0.5) is 0 Å². The summed E-state index contributed by atoms with van der Waals surface area (Å²) in [5.41, 5.74) is 5.67. The maximum absolute atomic E-state index is 9.68. The average Bonchev–Trinajstić information content (AvgIpc) is 2.94. The lowest BCUT2D eigenvalue weighted by Gasteiger charge is -2.12. The molecular formula is C9H15N3O2. The minimum Gasteiger partial charge on any atom is -0.422 e. The zero-order chi connectivity index (χ0) is 10.1. The van der Waals surface area contributed by atoms with Crippen molar-refractivity contribution in [2.75, 3.05) is 0 Å². The normalized spacial score (nSPS) is 20.8. The maximum atomic E-state index is 9.68. The van der Waals surface area contributed by atoms with Crippen LogP contribution < -0.4 is 5.73 Å². The topological polar surface area (TPSA) is 85.2 Å². The van der Waals surface area contributed by atoms with E-state index in [1.54, 1.807) is 0 Å². The summed E-state index contributed by atoms with van der Waals surface area (Å²) in [7, 11) is 0. The fourth-order valence-corrected chi connectivity index (χ4v) is 1.27. The van der Waals surface area contributed by atoms with Crippen LogP contribution >= 0.6 is 0 Å². The molecule has 1 aliphatic rings. The number of hydrogen-bond donors (Lipinski definition) is 2. The maximum Gasteiger partial charge on any atom is 0.246 e. The largest absolute Gasteiger partial charge is 0.422 e. The Morgan fingerprint density at radius 3 is 2.86 bits per heavy atom.